The van der Waals surface area contributed by atoms with Gasteiger partial charge >= 0.3 is 12.1 Å². The van der Waals surface area contributed by atoms with E-state index in [1.54, 1.807) is 11.0 Å². The summed E-state index contributed by atoms with van der Waals surface area (Å²) in [6.07, 6.45) is 2.08. The number of aliphatic carboxylic acids is 1. The van der Waals surface area contributed by atoms with Gasteiger partial charge in [-0.2, -0.15) is 0 Å². The predicted octanol–water partition coefficient (Wildman–Crippen LogP) is 4.18. The Balaban J connectivity index is 1.23. The first-order valence-electron chi connectivity index (χ1n) is 11.6. The lowest BCUT2D eigenvalue weighted by molar-refractivity contribution is -0.165. The molecule has 1 heterocycles. The van der Waals surface area contributed by atoms with Crippen molar-refractivity contribution in [1.29, 1.82) is 0 Å². The molecular formula is C27H30N2O5. The summed E-state index contributed by atoms with van der Waals surface area (Å²) in [6.45, 7) is 6.06. The Morgan fingerprint density at radius 2 is 1.74 bits per heavy atom. The number of allylic oxidation sites excluding steroid dienone is 1. The summed E-state index contributed by atoms with van der Waals surface area (Å²) >= 11 is 0. The normalized spacial score (nSPS) is 16.6. The van der Waals surface area contributed by atoms with Crippen molar-refractivity contribution >= 4 is 18.0 Å². The topological polar surface area (TPSA) is 95.9 Å². The van der Waals surface area contributed by atoms with Crippen LogP contribution in [0.5, 0.6) is 0 Å². The Kier molecular flexibility index (Phi) is 6.72. The third-order valence-corrected chi connectivity index (χ3v) is 6.83. The van der Waals surface area contributed by atoms with Gasteiger partial charge in [0.1, 0.15) is 12.0 Å². The highest BCUT2D eigenvalue weighted by Crippen LogP contribution is 2.44. The van der Waals surface area contributed by atoms with E-state index in [0.717, 1.165) is 11.1 Å². The summed E-state index contributed by atoms with van der Waals surface area (Å²) in [4.78, 5) is 37.9. The van der Waals surface area contributed by atoms with Crippen LogP contribution >= 0.6 is 0 Å². The van der Waals surface area contributed by atoms with Crippen molar-refractivity contribution in [3.8, 4) is 11.1 Å². The van der Waals surface area contributed by atoms with Gasteiger partial charge in [-0.05, 0) is 42.0 Å². The number of fused-ring (bicyclic) bond motifs is 3. The van der Waals surface area contributed by atoms with E-state index in [1.165, 1.54) is 11.1 Å². The van der Waals surface area contributed by atoms with Gasteiger partial charge < -0.3 is 20.1 Å². The minimum atomic E-state index is -0.914. The maximum Gasteiger partial charge on any atom is 0.407 e. The van der Waals surface area contributed by atoms with E-state index in [-0.39, 0.29) is 44.0 Å². The summed E-state index contributed by atoms with van der Waals surface area (Å²) in [5.41, 5.74) is 3.73. The Morgan fingerprint density at radius 3 is 2.29 bits per heavy atom. The molecule has 1 aliphatic heterocycles. The predicted molar refractivity (Wildman–Crippen MR) is 128 cm³/mol. The standard InChI is InChI=1S/C27H30N2O5/c1-3-14-27(25(31)32)16-29(17-27)24(30)13-12-18(2)28-26(33)34-15-23-21-10-6-4-8-19(21)20-9-5-7-11-22(20)23/h3-11,18,23H,1,12-17H2,2H3,(H,28,33)(H,31,32). The first kappa shape index (κ1) is 23.5. The molecule has 0 radical (unpaired) electrons. The Hall–Kier alpha value is -3.61. The second kappa shape index (κ2) is 9.71. The number of alkyl carbamates (subject to hydrolysis) is 1. The number of benzene rings is 2. The number of hydrogen-bond donors (Lipinski definition) is 2. The van der Waals surface area contributed by atoms with Crippen LogP contribution in [0.1, 0.15) is 43.2 Å². The van der Waals surface area contributed by atoms with Gasteiger partial charge in [-0.25, -0.2) is 4.79 Å². The molecule has 7 nitrogen and oxygen atoms in total. The smallest absolute Gasteiger partial charge is 0.407 e. The molecule has 7 heteroatoms. The van der Waals surface area contributed by atoms with Crippen molar-refractivity contribution in [3.63, 3.8) is 0 Å². The van der Waals surface area contributed by atoms with Crippen LogP contribution in [0, 0.1) is 5.41 Å². The molecule has 4 rings (SSSR count). The largest absolute Gasteiger partial charge is 0.481 e. The number of likely N-dealkylation sites (tertiary alicyclic amines) is 1. The maximum atomic E-state index is 12.4. The quantitative estimate of drug-likeness (QED) is 0.545. The molecule has 2 amide bonds. The molecule has 2 aromatic rings. The van der Waals surface area contributed by atoms with Crippen molar-refractivity contribution in [2.24, 2.45) is 5.41 Å². The third-order valence-electron chi connectivity index (χ3n) is 6.83. The van der Waals surface area contributed by atoms with Crippen LogP contribution in [0.25, 0.3) is 11.1 Å². The fourth-order valence-electron chi connectivity index (χ4n) is 4.90. The number of amides is 2. The average molecular weight is 463 g/mol. The minimum Gasteiger partial charge on any atom is -0.481 e. The average Bonchev–Trinajstić information content (AvgIpc) is 3.11. The second-order valence-electron chi connectivity index (χ2n) is 9.24. The van der Waals surface area contributed by atoms with Crippen LogP contribution in [0.2, 0.25) is 0 Å². The molecule has 0 aromatic heterocycles. The van der Waals surface area contributed by atoms with Crippen molar-refractivity contribution in [1.82, 2.24) is 10.2 Å². The Labute approximate surface area is 199 Å². The SMILES string of the molecule is C=CCC1(C(=O)O)CN(C(=O)CCC(C)NC(=O)OCC2c3ccccc3-c3ccccc32)C1. The molecule has 1 atom stereocenters. The summed E-state index contributed by atoms with van der Waals surface area (Å²) in [5.74, 6) is -1.02. The van der Waals surface area contributed by atoms with Crippen LogP contribution in [-0.2, 0) is 14.3 Å². The van der Waals surface area contributed by atoms with E-state index in [0.29, 0.717) is 12.8 Å². The zero-order valence-electron chi connectivity index (χ0n) is 19.3. The summed E-state index contributed by atoms with van der Waals surface area (Å²) in [6, 6.07) is 16.1. The van der Waals surface area contributed by atoms with E-state index in [1.807, 2.05) is 31.2 Å². The van der Waals surface area contributed by atoms with Crippen molar-refractivity contribution in [2.75, 3.05) is 19.7 Å². The van der Waals surface area contributed by atoms with Crippen molar-refractivity contribution < 1.29 is 24.2 Å². The lowest BCUT2D eigenvalue weighted by atomic mass is 9.76. The molecule has 34 heavy (non-hydrogen) atoms. The zero-order chi connectivity index (χ0) is 24.3. The molecule has 0 spiro atoms. The van der Waals surface area contributed by atoms with Crippen LogP contribution in [0.15, 0.2) is 61.2 Å². The van der Waals surface area contributed by atoms with E-state index < -0.39 is 17.5 Å². The molecule has 1 fully saturated rings. The van der Waals surface area contributed by atoms with Crippen molar-refractivity contribution in [3.05, 3.63) is 72.3 Å². The fourth-order valence-corrected chi connectivity index (χ4v) is 4.90. The number of nitrogens with one attached hydrogen (secondary N) is 1. The maximum absolute atomic E-state index is 12.4. The Morgan fingerprint density at radius 1 is 1.15 bits per heavy atom. The molecule has 1 saturated heterocycles. The van der Waals surface area contributed by atoms with Gasteiger partial charge in [-0.1, -0.05) is 54.6 Å². The fraction of sp³-hybridized carbons (Fsp3) is 0.370. The second-order valence-corrected chi connectivity index (χ2v) is 9.24. The van der Waals surface area contributed by atoms with Gasteiger partial charge in [0.05, 0.1) is 0 Å². The molecule has 1 unspecified atom stereocenters. The van der Waals surface area contributed by atoms with Gasteiger partial charge in [0.25, 0.3) is 0 Å². The first-order valence-corrected chi connectivity index (χ1v) is 11.6. The van der Waals surface area contributed by atoms with Crippen LogP contribution in [0.4, 0.5) is 4.79 Å². The molecule has 2 aliphatic rings. The molecule has 2 N–H and O–H groups in total. The third kappa shape index (κ3) is 4.55. The van der Waals surface area contributed by atoms with Gasteiger partial charge in [-0.3, -0.25) is 9.59 Å². The Bertz CT molecular complexity index is 1060. The van der Waals surface area contributed by atoms with Gasteiger partial charge in [0, 0.05) is 31.5 Å². The van der Waals surface area contributed by atoms with Crippen LogP contribution < -0.4 is 5.32 Å². The highest BCUT2D eigenvalue weighted by atomic mass is 16.5. The summed E-state index contributed by atoms with van der Waals surface area (Å²) in [7, 11) is 0. The number of ether oxygens (including phenoxy) is 1. The minimum absolute atomic E-state index is 0.00785. The monoisotopic (exact) mass is 462 g/mol. The molecular weight excluding hydrogens is 432 g/mol. The highest BCUT2D eigenvalue weighted by molar-refractivity contribution is 5.83. The summed E-state index contributed by atoms with van der Waals surface area (Å²) < 4.78 is 5.56. The van der Waals surface area contributed by atoms with E-state index >= 15 is 0 Å². The zero-order valence-corrected chi connectivity index (χ0v) is 19.3. The van der Waals surface area contributed by atoms with Crippen LogP contribution in [-0.4, -0.2) is 53.7 Å². The number of carboxylic acids is 1. The van der Waals surface area contributed by atoms with E-state index in [9.17, 15) is 19.5 Å². The highest BCUT2D eigenvalue weighted by Gasteiger charge is 2.50. The first-order chi connectivity index (χ1) is 16.3. The van der Waals surface area contributed by atoms with Crippen LogP contribution in [0.3, 0.4) is 0 Å². The number of rotatable bonds is 9. The van der Waals surface area contributed by atoms with Gasteiger partial charge in [-0.15, -0.1) is 6.58 Å². The van der Waals surface area contributed by atoms with Gasteiger partial charge in [0.15, 0.2) is 0 Å². The van der Waals surface area contributed by atoms with Crippen molar-refractivity contribution in [2.45, 2.75) is 38.1 Å². The van der Waals surface area contributed by atoms with E-state index in [4.69, 9.17) is 4.74 Å². The number of carbonyl (C=O) groups excluding carboxylic acids is 2. The lowest BCUT2D eigenvalue weighted by Crippen LogP contribution is -2.62. The molecule has 0 saturated carbocycles. The number of carboxylic acid groups (broad SMARTS) is 1. The van der Waals surface area contributed by atoms with E-state index in [2.05, 4.69) is 36.2 Å². The molecule has 2 aromatic carbocycles. The molecule has 178 valence electrons. The number of nitrogens with zero attached hydrogens (tertiary/aromatic N) is 1. The van der Waals surface area contributed by atoms with Gasteiger partial charge in [0.2, 0.25) is 5.91 Å². The summed E-state index contributed by atoms with van der Waals surface area (Å²) in [5, 5.41) is 12.2. The molecule has 0 bridgehead atoms. The lowest BCUT2D eigenvalue weighted by Gasteiger charge is -2.47. The number of carbonyl (C=O) groups is 3. The molecule has 1 aliphatic carbocycles. The number of hydrogen-bond acceptors (Lipinski definition) is 4.